The van der Waals surface area contributed by atoms with E-state index >= 15 is 0 Å². The molecule has 4 aromatic rings. The molecule has 2 atom stereocenters. The molecule has 0 aliphatic carbocycles. The molecule has 0 saturated heterocycles. The van der Waals surface area contributed by atoms with Crippen LogP contribution < -0.4 is 20.1 Å². The van der Waals surface area contributed by atoms with Gasteiger partial charge in [0.2, 0.25) is 5.91 Å². The number of amides is 2. The monoisotopic (exact) mass is 569 g/mol. The number of carboxylic acids is 1. The van der Waals surface area contributed by atoms with Crippen molar-refractivity contribution in [2.75, 3.05) is 19.5 Å². The molecule has 0 bridgehead atoms. The lowest BCUT2D eigenvalue weighted by Gasteiger charge is -2.20. The van der Waals surface area contributed by atoms with Crippen LogP contribution in [-0.4, -0.2) is 57.9 Å². The topological polar surface area (TPSA) is 145 Å². The molecule has 2 amide bonds. The Hall–Kier alpha value is -5.19. The lowest BCUT2D eigenvalue weighted by atomic mass is 10.0. The zero-order valence-electron chi connectivity index (χ0n) is 23.2. The number of anilines is 1. The van der Waals surface area contributed by atoms with Gasteiger partial charge in [-0.05, 0) is 41.8 Å². The van der Waals surface area contributed by atoms with Crippen molar-refractivity contribution in [3.8, 4) is 11.5 Å². The van der Waals surface area contributed by atoms with Crippen molar-refractivity contribution in [2.45, 2.75) is 37.8 Å². The zero-order chi connectivity index (χ0) is 29.6. The second-order valence-electron chi connectivity index (χ2n) is 9.91. The van der Waals surface area contributed by atoms with Crippen LogP contribution in [0, 0.1) is 0 Å². The highest BCUT2D eigenvalue weighted by Gasteiger charge is 2.34. The number of benzene rings is 3. The van der Waals surface area contributed by atoms with Crippen molar-refractivity contribution >= 4 is 23.5 Å². The summed E-state index contributed by atoms with van der Waals surface area (Å²) >= 11 is 0. The number of carboxylic acid groups (broad SMARTS) is 1. The summed E-state index contributed by atoms with van der Waals surface area (Å²) in [6, 6.07) is 19.9. The first kappa shape index (κ1) is 28.3. The minimum absolute atomic E-state index is 0.0637. The minimum Gasteiger partial charge on any atom is -0.496 e. The van der Waals surface area contributed by atoms with Crippen molar-refractivity contribution < 1.29 is 29.0 Å². The first-order valence-electron chi connectivity index (χ1n) is 13.5. The predicted octanol–water partition coefficient (Wildman–Crippen LogP) is 3.44. The number of aliphatic carboxylic acids is 1. The molecule has 5 rings (SSSR count). The van der Waals surface area contributed by atoms with Gasteiger partial charge in [-0.15, -0.1) is 10.2 Å². The van der Waals surface area contributed by atoms with Crippen LogP contribution in [0.5, 0.6) is 11.5 Å². The molecule has 42 heavy (non-hydrogen) atoms. The molecular formula is C31H31N5O6. The van der Waals surface area contributed by atoms with E-state index in [4.69, 9.17) is 9.47 Å². The van der Waals surface area contributed by atoms with Crippen molar-refractivity contribution in [1.82, 2.24) is 20.1 Å². The Morgan fingerprint density at radius 3 is 2.26 bits per heavy atom. The molecule has 3 N–H and O–H groups in total. The summed E-state index contributed by atoms with van der Waals surface area (Å²) in [7, 11) is 2.94. The molecule has 3 aromatic carbocycles. The van der Waals surface area contributed by atoms with E-state index in [9.17, 15) is 19.5 Å². The number of rotatable bonds is 11. The van der Waals surface area contributed by atoms with E-state index in [2.05, 4.69) is 20.8 Å². The fraction of sp³-hybridized carbons (Fsp3) is 0.258. The largest absolute Gasteiger partial charge is 0.496 e. The maximum atomic E-state index is 13.3. The molecule has 2 heterocycles. The van der Waals surface area contributed by atoms with Crippen LogP contribution in [0.25, 0.3) is 0 Å². The number of carbonyl (C=O) groups excluding carboxylic acids is 2. The van der Waals surface area contributed by atoms with Crippen molar-refractivity contribution in [3.05, 3.63) is 101 Å². The van der Waals surface area contributed by atoms with Gasteiger partial charge in [0.15, 0.2) is 0 Å². The highest BCUT2D eigenvalue weighted by atomic mass is 16.5. The average Bonchev–Trinajstić information content (AvgIpc) is 3.60. The molecule has 0 saturated carbocycles. The van der Waals surface area contributed by atoms with Crippen LogP contribution in [0.4, 0.5) is 5.69 Å². The number of methoxy groups -OCH3 is 2. The molecule has 216 valence electrons. The van der Waals surface area contributed by atoms with E-state index < -0.39 is 24.0 Å². The summed E-state index contributed by atoms with van der Waals surface area (Å²) in [5.74, 6) is 0.193. The van der Waals surface area contributed by atoms with Gasteiger partial charge in [0.05, 0.1) is 14.2 Å². The first-order valence-corrected chi connectivity index (χ1v) is 13.5. The number of aryl methyl sites for hydroxylation is 1. The summed E-state index contributed by atoms with van der Waals surface area (Å²) < 4.78 is 12.4. The van der Waals surface area contributed by atoms with Gasteiger partial charge in [0.1, 0.15) is 40.8 Å². The van der Waals surface area contributed by atoms with E-state index in [1.54, 1.807) is 42.5 Å². The molecule has 2 unspecified atom stereocenters. The second-order valence-corrected chi connectivity index (χ2v) is 9.91. The fourth-order valence-electron chi connectivity index (χ4n) is 5.13. The Bertz CT molecular complexity index is 1560. The number of aromatic nitrogens is 3. The van der Waals surface area contributed by atoms with Gasteiger partial charge in [0, 0.05) is 24.9 Å². The van der Waals surface area contributed by atoms with E-state index in [1.165, 1.54) is 14.2 Å². The van der Waals surface area contributed by atoms with Gasteiger partial charge in [-0.25, -0.2) is 4.79 Å². The van der Waals surface area contributed by atoms with Crippen LogP contribution >= 0.6 is 0 Å². The molecule has 11 heteroatoms. The Balaban J connectivity index is 1.24. The Morgan fingerprint density at radius 2 is 1.62 bits per heavy atom. The Morgan fingerprint density at radius 1 is 0.929 bits per heavy atom. The Labute approximate surface area is 242 Å². The van der Waals surface area contributed by atoms with Gasteiger partial charge in [-0.3, -0.25) is 9.59 Å². The third-order valence-electron chi connectivity index (χ3n) is 7.22. The summed E-state index contributed by atoms with van der Waals surface area (Å²) in [6.45, 7) is 0. The van der Waals surface area contributed by atoms with Crippen LogP contribution in [0.15, 0.2) is 72.8 Å². The summed E-state index contributed by atoms with van der Waals surface area (Å²) in [6.07, 6.45) is 1.70. The van der Waals surface area contributed by atoms with Crippen molar-refractivity contribution in [2.24, 2.45) is 0 Å². The average molecular weight is 570 g/mol. The summed E-state index contributed by atoms with van der Waals surface area (Å²) in [5, 5.41) is 24.0. The highest BCUT2D eigenvalue weighted by Crippen LogP contribution is 2.30. The number of fused-ring (bicyclic) bond motifs is 1. The van der Waals surface area contributed by atoms with Gasteiger partial charge in [-0.2, -0.15) is 0 Å². The van der Waals surface area contributed by atoms with E-state index in [0.29, 0.717) is 47.8 Å². The molecular weight excluding hydrogens is 538 g/mol. The van der Waals surface area contributed by atoms with Gasteiger partial charge < -0.3 is 29.8 Å². The quantitative estimate of drug-likeness (QED) is 0.249. The highest BCUT2D eigenvalue weighted by molar-refractivity contribution is 6.08. The fourth-order valence-corrected chi connectivity index (χ4v) is 5.13. The van der Waals surface area contributed by atoms with Crippen LogP contribution in [0.2, 0.25) is 0 Å². The van der Waals surface area contributed by atoms with Gasteiger partial charge >= 0.3 is 5.97 Å². The SMILES string of the molecule is COc1cccc(OC)c1C(=O)Nc1ccc(CC(NC(=O)C2CCc3nnc(Cc4ccccc4)n32)C(=O)O)cc1. The number of carbonyl (C=O) groups is 3. The van der Waals surface area contributed by atoms with E-state index in [0.717, 1.165) is 11.4 Å². The van der Waals surface area contributed by atoms with Crippen LogP contribution in [-0.2, 0) is 28.9 Å². The Kier molecular flexibility index (Phi) is 8.47. The van der Waals surface area contributed by atoms with Crippen molar-refractivity contribution in [1.29, 1.82) is 0 Å². The van der Waals surface area contributed by atoms with Gasteiger partial charge in [-0.1, -0.05) is 48.5 Å². The van der Waals surface area contributed by atoms with Crippen LogP contribution in [0.1, 0.15) is 45.6 Å². The number of nitrogens with one attached hydrogen (secondary N) is 2. The lowest BCUT2D eigenvalue weighted by Crippen LogP contribution is -2.45. The van der Waals surface area contributed by atoms with E-state index in [-0.39, 0.29) is 17.9 Å². The number of hydrogen-bond donors (Lipinski definition) is 3. The summed E-state index contributed by atoms with van der Waals surface area (Å²) in [4.78, 5) is 38.4. The molecule has 0 spiro atoms. The second kappa shape index (κ2) is 12.5. The first-order chi connectivity index (χ1) is 20.4. The zero-order valence-corrected chi connectivity index (χ0v) is 23.2. The maximum Gasteiger partial charge on any atom is 0.326 e. The normalized spacial score (nSPS) is 14.5. The molecule has 11 nitrogen and oxygen atoms in total. The predicted molar refractivity (Wildman–Crippen MR) is 154 cm³/mol. The van der Waals surface area contributed by atoms with Gasteiger partial charge in [0.25, 0.3) is 5.91 Å². The lowest BCUT2D eigenvalue weighted by molar-refractivity contribution is -0.142. The molecule has 0 radical (unpaired) electrons. The van der Waals surface area contributed by atoms with E-state index in [1.807, 2.05) is 34.9 Å². The summed E-state index contributed by atoms with van der Waals surface area (Å²) in [5.41, 5.74) is 2.49. The third kappa shape index (κ3) is 6.09. The third-order valence-corrected chi connectivity index (χ3v) is 7.22. The molecule has 1 aliphatic rings. The number of nitrogens with zero attached hydrogens (tertiary/aromatic N) is 3. The molecule has 1 aromatic heterocycles. The minimum atomic E-state index is -1.14. The maximum absolute atomic E-state index is 13.3. The standard InChI is InChI=1S/C31H31N5O6/c1-41-24-9-6-10-25(42-2)28(24)30(38)32-21-13-11-20(12-14-21)17-22(31(39)40)33-29(37)23-15-16-26-34-35-27(36(23)26)18-19-7-4-3-5-8-19/h3-14,22-23H,15-18H2,1-2H3,(H,32,38)(H,33,37)(H,39,40). The smallest absolute Gasteiger partial charge is 0.326 e. The molecule has 1 aliphatic heterocycles. The number of hydrogen-bond acceptors (Lipinski definition) is 7. The molecule has 0 fully saturated rings. The number of ether oxygens (including phenoxy) is 2. The van der Waals surface area contributed by atoms with Crippen molar-refractivity contribution in [3.63, 3.8) is 0 Å². The van der Waals surface area contributed by atoms with Crippen LogP contribution in [0.3, 0.4) is 0 Å².